The van der Waals surface area contributed by atoms with E-state index in [1.807, 2.05) is 24.3 Å². The first kappa shape index (κ1) is 12.5. The molecule has 1 aromatic heterocycles. The minimum Gasteiger partial charge on any atom is -0.485 e. The average molecular weight is 247 g/mol. The Hall–Kier alpha value is -1.95. The zero-order valence-electron chi connectivity index (χ0n) is 10.6. The first-order valence-electron chi connectivity index (χ1n) is 5.90. The largest absolute Gasteiger partial charge is 0.485 e. The van der Waals surface area contributed by atoms with E-state index in [2.05, 4.69) is 22.3 Å². The van der Waals surface area contributed by atoms with Crippen LogP contribution in [0.2, 0.25) is 0 Å². The van der Waals surface area contributed by atoms with Crippen LogP contribution in [0.15, 0.2) is 24.3 Å². The molecule has 2 N–H and O–H groups in total. The summed E-state index contributed by atoms with van der Waals surface area (Å²) >= 11 is 0. The predicted octanol–water partition coefficient (Wildman–Crippen LogP) is 1.20. The van der Waals surface area contributed by atoms with Gasteiger partial charge in [-0.1, -0.05) is 19.1 Å². The molecule has 2 rings (SSSR count). The Labute approximate surface area is 106 Å². The molecule has 0 spiro atoms. The Morgan fingerprint density at radius 3 is 2.61 bits per heavy atom. The first-order valence-corrected chi connectivity index (χ1v) is 5.90. The van der Waals surface area contributed by atoms with Gasteiger partial charge in [-0.15, -0.1) is 10.2 Å². The highest BCUT2D eigenvalue weighted by atomic mass is 16.5. The van der Waals surface area contributed by atoms with E-state index < -0.39 is 0 Å². The maximum absolute atomic E-state index is 5.94. The third kappa shape index (κ3) is 3.04. The Morgan fingerprint density at radius 1 is 1.33 bits per heavy atom. The summed E-state index contributed by atoms with van der Waals surface area (Å²) in [5.41, 5.74) is 7.05. The summed E-state index contributed by atoms with van der Waals surface area (Å²) in [5, 5.41) is 11.6. The average Bonchev–Trinajstić information content (AvgIpc) is 2.82. The lowest BCUT2D eigenvalue weighted by atomic mass is 10.1. The molecule has 1 aromatic carbocycles. The van der Waals surface area contributed by atoms with Crippen molar-refractivity contribution < 1.29 is 4.74 Å². The smallest absolute Gasteiger partial charge is 0.212 e. The highest BCUT2D eigenvalue weighted by Crippen LogP contribution is 2.18. The Morgan fingerprint density at radius 2 is 2.06 bits per heavy atom. The van der Waals surface area contributed by atoms with Gasteiger partial charge in [0.05, 0.1) is 7.05 Å². The topological polar surface area (TPSA) is 78.9 Å². The molecule has 0 saturated heterocycles. The number of benzene rings is 1. The third-order valence-corrected chi connectivity index (χ3v) is 2.67. The van der Waals surface area contributed by atoms with Crippen LogP contribution in [0.5, 0.6) is 5.75 Å². The second kappa shape index (κ2) is 5.59. The molecule has 0 bridgehead atoms. The van der Waals surface area contributed by atoms with Crippen molar-refractivity contribution in [2.24, 2.45) is 12.8 Å². The summed E-state index contributed by atoms with van der Waals surface area (Å²) in [6, 6.07) is 7.85. The molecule has 0 saturated carbocycles. The minimum absolute atomic E-state index is 0.0840. The zero-order valence-corrected chi connectivity index (χ0v) is 10.6. The van der Waals surface area contributed by atoms with Gasteiger partial charge in [0.15, 0.2) is 6.61 Å². The number of nitrogens with two attached hydrogens (primary N) is 1. The number of nitrogens with zero attached hydrogens (tertiary/aromatic N) is 4. The van der Waals surface area contributed by atoms with Crippen molar-refractivity contribution in [3.05, 3.63) is 35.7 Å². The monoisotopic (exact) mass is 247 g/mol. The molecule has 2 aromatic rings. The molecule has 1 atom stereocenters. The number of ether oxygens (including phenoxy) is 1. The number of rotatable bonds is 5. The van der Waals surface area contributed by atoms with Crippen molar-refractivity contribution >= 4 is 0 Å². The fraction of sp³-hybridized carbons (Fsp3) is 0.417. The van der Waals surface area contributed by atoms with Gasteiger partial charge < -0.3 is 10.5 Å². The third-order valence-electron chi connectivity index (χ3n) is 2.67. The molecule has 0 aliphatic carbocycles. The summed E-state index contributed by atoms with van der Waals surface area (Å²) in [5.74, 6) is 1.33. The van der Waals surface area contributed by atoms with Crippen molar-refractivity contribution in [3.8, 4) is 5.75 Å². The normalized spacial score (nSPS) is 12.4. The summed E-state index contributed by atoms with van der Waals surface area (Å²) in [6.45, 7) is 2.38. The number of hydrogen-bond donors (Lipinski definition) is 1. The fourth-order valence-corrected chi connectivity index (χ4v) is 1.58. The van der Waals surface area contributed by atoms with E-state index in [1.165, 1.54) is 4.80 Å². The van der Waals surface area contributed by atoms with Gasteiger partial charge in [0.25, 0.3) is 0 Å². The SMILES string of the molecule is CC[C@@H](N)c1ccc(OCc2nnn(C)n2)cc1. The maximum Gasteiger partial charge on any atom is 0.212 e. The van der Waals surface area contributed by atoms with E-state index >= 15 is 0 Å². The van der Waals surface area contributed by atoms with Crippen molar-refractivity contribution in [2.45, 2.75) is 26.0 Å². The number of aromatic nitrogens is 4. The van der Waals surface area contributed by atoms with Gasteiger partial charge >= 0.3 is 0 Å². The highest BCUT2D eigenvalue weighted by Gasteiger charge is 2.04. The van der Waals surface area contributed by atoms with Crippen molar-refractivity contribution in [2.75, 3.05) is 0 Å². The summed E-state index contributed by atoms with van der Waals surface area (Å²) in [4.78, 5) is 1.40. The van der Waals surface area contributed by atoms with E-state index in [4.69, 9.17) is 10.5 Å². The maximum atomic E-state index is 5.94. The second-order valence-corrected chi connectivity index (χ2v) is 4.07. The van der Waals surface area contributed by atoms with Crippen LogP contribution < -0.4 is 10.5 Å². The lowest BCUT2D eigenvalue weighted by Crippen LogP contribution is -2.08. The van der Waals surface area contributed by atoms with Crippen LogP contribution in [0.1, 0.15) is 30.8 Å². The van der Waals surface area contributed by atoms with Gasteiger partial charge in [0.2, 0.25) is 5.82 Å². The minimum atomic E-state index is 0.0840. The van der Waals surface area contributed by atoms with Crippen LogP contribution in [0.4, 0.5) is 0 Å². The molecular weight excluding hydrogens is 230 g/mol. The van der Waals surface area contributed by atoms with Gasteiger partial charge in [-0.3, -0.25) is 0 Å². The van der Waals surface area contributed by atoms with Crippen molar-refractivity contribution in [1.29, 1.82) is 0 Å². The van der Waals surface area contributed by atoms with E-state index in [0.717, 1.165) is 17.7 Å². The fourth-order valence-electron chi connectivity index (χ4n) is 1.58. The number of aryl methyl sites for hydroxylation is 1. The quantitative estimate of drug-likeness (QED) is 0.858. The van der Waals surface area contributed by atoms with E-state index in [9.17, 15) is 0 Å². The van der Waals surface area contributed by atoms with Crippen LogP contribution in [-0.4, -0.2) is 20.2 Å². The molecule has 6 heteroatoms. The molecule has 0 radical (unpaired) electrons. The van der Waals surface area contributed by atoms with Gasteiger partial charge in [-0.2, -0.15) is 4.80 Å². The van der Waals surface area contributed by atoms with E-state index in [-0.39, 0.29) is 6.04 Å². The predicted molar refractivity (Wildman–Crippen MR) is 66.8 cm³/mol. The summed E-state index contributed by atoms with van der Waals surface area (Å²) < 4.78 is 5.55. The van der Waals surface area contributed by atoms with Gasteiger partial charge in [0.1, 0.15) is 5.75 Å². The van der Waals surface area contributed by atoms with E-state index in [0.29, 0.717) is 12.4 Å². The molecule has 1 heterocycles. The van der Waals surface area contributed by atoms with Crippen LogP contribution in [0, 0.1) is 0 Å². The molecule has 0 amide bonds. The van der Waals surface area contributed by atoms with Crippen LogP contribution in [0.25, 0.3) is 0 Å². The summed E-state index contributed by atoms with van der Waals surface area (Å²) in [7, 11) is 1.72. The highest BCUT2D eigenvalue weighted by molar-refractivity contribution is 5.28. The van der Waals surface area contributed by atoms with Gasteiger partial charge in [0, 0.05) is 6.04 Å². The van der Waals surface area contributed by atoms with Crippen LogP contribution in [-0.2, 0) is 13.7 Å². The lowest BCUT2D eigenvalue weighted by Gasteiger charge is -2.10. The molecule has 18 heavy (non-hydrogen) atoms. The van der Waals surface area contributed by atoms with Crippen LogP contribution >= 0.6 is 0 Å². The Bertz CT molecular complexity index is 493. The molecule has 0 aliphatic rings. The number of hydrogen-bond acceptors (Lipinski definition) is 5. The summed E-state index contributed by atoms with van der Waals surface area (Å²) in [6.07, 6.45) is 0.920. The molecule has 96 valence electrons. The van der Waals surface area contributed by atoms with Gasteiger partial charge in [-0.25, -0.2) is 0 Å². The molecule has 0 fully saturated rings. The van der Waals surface area contributed by atoms with Crippen molar-refractivity contribution in [1.82, 2.24) is 20.2 Å². The van der Waals surface area contributed by atoms with E-state index in [1.54, 1.807) is 7.05 Å². The standard InChI is InChI=1S/C12H17N5O/c1-3-11(13)9-4-6-10(7-5-9)18-8-12-14-16-17(2)15-12/h4-7,11H,3,8,13H2,1-2H3/t11-/m1/s1. The molecular formula is C12H17N5O. The molecule has 6 nitrogen and oxygen atoms in total. The Balaban J connectivity index is 1.94. The zero-order chi connectivity index (χ0) is 13.0. The van der Waals surface area contributed by atoms with Crippen LogP contribution in [0.3, 0.4) is 0 Å². The van der Waals surface area contributed by atoms with Gasteiger partial charge in [-0.05, 0) is 29.3 Å². The molecule has 0 aliphatic heterocycles. The lowest BCUT2D eigenvalue weighted by molar-refractivity contribution is 0.295. The first-order chi connectivity index (χ1) is 8.69. The second-order valence-electron chi connectivity index (χ2n) is 4.07. The Kier molecular flexibility index (Phi) is 3.88. The molecule has 0 unspecified atom stereocenters. The van der Waals surface area contributed by atoms with Crippen molar-refractivity contribution in [3.63, 3.8) is 0 Å². The number of tetrazole rings is 1.